The van der Waals surface area contributed by atoms with Crippen LogP contribution in [-0.2, 0) is 16.1 Å². The summed E-state index contributed by atoms with van der Waals surface area (Å²) in [6, 6.07) is 6.14. The smallest absolute Gasteiger partial charge is 0.316 e. The monoisotopic (exact) mass is 373 g/mol. The number of benzene rings is 1. The summed E-state index contributed by atoms with van der Waals surface area (Å²) >= 11 is 5.02. The number of ether oxygens (including phenoxy) is 1. The Hall–Kier alpha value is -0.520. The van der Waals surface area contributed by atoms with Gasteiger partial charge in [0.1, 0.15) is 5.60 Å². The molecule has 0 amide bonds. The molecule has 0 atom stereocenters. The van der Waals surface area contributed by atoms with Gasteiger partial charge in [-0.1, -0.05) is 22.9 Å². The van der Waals surface area contributed by atoms with Crippen molar-refractivity contribution in [3.8, 4) is 0 Å². The molecule has 21 heavy (non-hydrogen) atoms. The minimum Gasteiger partial charge on any atom is -0.459 e. The van der Waals surface area contributed by atoms with Gasteiger partial charge in [0.15, 0.2) is 0 Å². The molecule has 1 N–H and O–H groups in total. The summed E-state index contributed by atoms with van der Waals surface area (Å²) in [6.45, 7) is 9.60. The Kier molecular flexibility index (Phi) is 7.77. The average Bonchev–Trinajstić information content (AvgIpc) is 2.36. The number of carbonyl (C=O) groups is 1. The Morgan fingerprint density at radius 2 is 2.10 bits per heavy atom. The molecule has 0 aliphatic rings. The molecule has 0 fully saturated rings. The lowest BCUT2D eigenvalue weighted by molar-refractivity contribution is -0.151. The van der Waals surface area contributed by atoms with Gasteiger partial charge in [-0.3, -0.25) is 4.79 Å². The fourth-order valence-electron chi connectivity index (χ4n) is 1.73. The Morgan fingerprint density at radius 3 is 2.71 bits per heavy atom. The molecule has 0 radical (unpaired) electrons. The largest absolute Gasteiger partial charge is 0.459 e. The second kappa shape index (κ2) is 8.81. The summed E-state index contributed by atoms with van der Waals surface area (Å²) in [6.07, 6.45) is 1.11. The molecule has 1 aromatic carbocycles. The van der Waals surface area contributed by atoms with Gasteiger partial charge in [-0.05, 0) is 57.5 Å². The molecule has 0 aromatic heterocycles. The van der Waals surface area contributed by atoms with Crippen molar-refractivity contribution in [1.82, 2.24) is 5.32 Å². The van der Waals surface area contributed by atoms with E-state index in [0.717, 1.165) is 28.9 Å². The Bertz CT molecular complexity index is 472. The number of esters is 1. The Balaban J connectivity index is 2.63. The topological polar surface area (TPSA) is 38.3 Å². The zero-order chi connectivity index (χ0) is 15.9. The van der Waals surface area contributed by atoms with Crippen LogP contribution in [0.3, 0.4) is 0 Å². The molecule has 0 saturated carbocycles. The van der Waals surface area contributed by atoms with Crippen LogP contribution < -0.4 is 5.32 Å². The minimum atomic E-state index is -0.428. The van der Waals surface area contributed by atoms with E-state index in [1.807, 2.05) is 32.9 Å². The van der Waals surface area contributed by atoms with E-state index in [4.69, 9.17) is 4.74 Å². The van der Waals surface area contributed by atoms with Crippen molar-refractivity contribution in [3.63, 3.8) is 0 Å². The van der Waals surface area contributed by atoms with E-state index >= 15 is 0 Å². The predicted octanol–water partition coefficient (Wildman–Crippen LogP) is 4.38. The van der Waals surface area contributed by atoms with E-state index < -0.39 is 5.60 Å². The highest BCUT2D eigenvalue weighted by Gasteiger charge is 2.16. The van der Waals surface area contributed by atoms with Crippen molar-refractivity contribution in [3.05, 3.63) is 28.2 Å². The maximum Gasteiger partial charge on any atom is 0.316 e. The van der Waals surface area contributed by atoms with E-state index in [1.54, 1.807) is 0 Å². The molecule has 5 heteroatoms. The van der Waals surface area contributed by atoms with Gasteiger partial charge in [-0.2, -0.15) is 0 Å². The van der Waals surface area contributed by atoms with Crippen molar-refractivity contribution in [2.45, 2.75) is 51.2 Å². The highest BCUT2D eigenvalue weighted by atomic mass is 79.9. The lowest BCUT2D eigenvalue weighted by Crippen LogP contribution is -2.25. The van der Waals surface area contributed by atoms with Gasteiger partial charge in [-0.15, -0.1) is 11.8 Å². The molecular weight excluding hydrogens is 350 g/mol. The number of halogens is 1. The molecule has 3 nitrogen and oxygen atoms in total. The summed E-state index contributed by atoms with van der Waals surface area (Å²) in [4.78, 5) is 12.9. The molecule has 1 rings (SSSR count). The fraction of sp³-hybridized carbons (Fsp3) is 0.562. The van der Waals surface area contributed by atoms with E-state index in [9.17, 15) is 4.79 Å². The van der Waals surface area contributed by atoms with Crippen LogP contribution in [0.2, 0.25) is 0 Å². The molecule has 0 heterocycles. The number of carbonyl (C=O) groups excluding carboxylic acids is 1. The normalized spacial score (nSPS) is 11.5. The quantitative estimate of drug-likeness (QED) is 0.437. The number of hydrogen-bond acceptors (Lipinski definition) is 4. The van der Waals surface area contributed by atoms with Crippen LogP contribution >= 0.6 is 27.7 Å². The van der Waals surface area contributed by atoms with Gasteiger partial charge in [0, 0.05) is 15.9 Å². The standard InChI is InChI=1S/C16H24BrNO2S/c1-5-8-18-10-12-9-13(17)6-7-14(12)21-11-15(19)20-16(2,3)4/h6-7,9,18H,5,8,10-11H2,1-4H3. The maximum absolute atomic E-state index is 11.8. The first-order valence-electron chi connectivity index (χ1n) is 7.15. The zero-order valence-corrected chi connectivity index (χ0v) is 15.6. The van der Waals surface area contributed by atoms with Crippen molar-refractivity contribution < 1.29 is 9.53 Å². The van der Waals surface area contributed by atoms with Gasteiger partial charge in [0.2, 0.25) is 0 Å². The van der Waals surface area contributed by atoms with Gasteiger partial charge in [0.25, 0.3) is 0 Å². The van der Waals surface area contributed by atoms with Gasteiger partial charge < -0.3 is 10.1 Å². The fourth-order valence-corrected chi connectivity index (χ4v) is 2.96. The predicted molar refractivity (Wildman–Crippen MR) is 92.7 cm³/mol. The summed E-state index contributed by atoms with van der Waals surface area (Å²) < 4.78 is 6.39. The highest BCUT2D eigenvalue weighted by molar-refractivity contribution is 9.10. The van der Waals surface area contributed by atoms with Crippen molar-refractivity contribution in [1.29, 1.82) is 0 Å². The third-order valence-electron chi connectivity index (χ3n) is 2.53. The molecule has 118 valence electrons. The van der Waals surface area contributed by atoms with E-state index in [-0.39, 0.29) is 5.97 Å². The molecule has 0 aliphatic heterocycles. The number of rotatable bonds is 7. The second-order valence-corrected chi connectivity index (χ2v) is 7.74. The third-order valence-corrected chi connectivity index (χ3v) is 4.11. The Labute approximate surface area is 140 Å². The first-order valence-corrected chi connectivity index (χ1v) is 8.93. The second-order valence-electron chi connectivity index (χ2n) is 5.80. The highest BCUT2D eigenvalue weighted by Crippen LogP contribution is 2.26. The minimum absolute atomic E-state index is 0.178. The maximum atomic E-state index is 11.8. The van der Waals surface area contributed by atoms with Crippen LogP contribution in [-0.4, -0.2) is 23.9 Å². The number of nitrogens with one attached hydrogen (secondary N) is 1. The SMILES string of the molecule is CCCNCc1cc(Br)ccc1SCC(=O)OC(C)(C)C. The van der Waals surface area contributed by atoms with E-state index in [1.165, 1.54) is 17.3 Å². The summed E-state index contributed by atoms with van der Waals surface area (Å²) in [5.41, 5.74) is 0.773. The van der Waals surface area contributed by atoms with Crippen molar-refractivity contribution >= 4 is 33.7 Å². The lowest BCUT2D eigenvalue weighted by Gasteiger charge is -2.19. The van der Waals surface area contributed by atoms with Crippen LogP contribution in [0.1, 0.15) is 39.7 Å². The van der Waals surface area contributed by atoms with E-state index in [2.05, 4.69) is 34.2 Å². The molecule has 0 saturated heterocycles. The zero-order valence-electron chi connectivity index (χ0n) is 13.2. The molecule has 0 aliphatic carbocycles. The van der Waals surface area contributed by atoms with Crippen LogP contribution in [0.15, 0.2) is 27.6 Å². The van der Waals surface area contributed by atoms with Gasteiger partial charge in [0.05, 0.1) is 5.75 Å². The first-order chi connectivity index (χ1) is 9.81. The van der Waals surface area contributed by atoms with Crippen LogP contribution in [0.4, 0.5) is 0 Å². The molecule has 1 aromatic rings. The number of hydrogen-bond donors (Lipinski definition) is 1. The van der Waals surface area contributed by atoms with Crippen molar-refractivity contribution in [2.75, 3.05) is 12.3 Å². The third kappa shape index (κ3) is 7.88. The van der Waals surface area contributed by atoms with Crippen molar-refractivity contribution in [2.24, 2.45) is 0 Å². The Morgan fingerprint density at radius 1 is 1.38 bits per heavy atom. The average molecular weight is 374 g/mol. The summed E-state index contributed by atoms with van der Waals surface area (Å²) in [7, 11) is 0. The van der Waals surface area contributed by atoms with Crippen LogP contribution in [0, 0.1) is 0 Å². The van der Waals surface area contributed by atoms with Gasteiger partial charge >= 0.3 is 5.97 Å². The van der Waals surface area contributed by atoms with Gasteiger partial charge in [-0.25, -0.2) is 0 Å². The molecular formula is C16H24BrNO2S. The molecule has 0 bridgehead atoms. The lowest BCUT2D eigenvalue weighted by atomic mass is 10.2. The molecule has 0 unspecified atom stereocenters. The van der Waals surface area contributed by atoms with Crippen LogP contribution in [0.5, 0.6) is 0 Å². The summed E-state index contributed by atoms with van der Waals surface area (Å²) in [5.74, 6) is 0.155. The number of thioether (sulfide) groups is 1. The summed E-state index contributed by atoms with van der Waals surface area (Å²) in [5, 5.41) is 3.39. The molecule has 0 spiro atoms. The van der Waals surface area contributed by atoms with Crippen LogP contribution in [0.25, 0.3) is 0 Å². The van der Waals surface area contributed by atoms with E-state index in [0.29, 0.717) is 5.75 Å². The first kappa shape index (κ1) is 18.5.